The number of methoxy groups -OCH3 is 2. The van der Waals surface area contributed by atoms with Crippen molar-refractivity contribution in [3.8, 4) is 0 Å². The molecule has 7 nitrogen and oxygen atoms in total. The van der Waals surface area contributed by atoms with E-state index in [1.54, 1.807) is 11.8 Å². The van der Waals surface area contributed by atoms with Crippen LogP contribution in [0, 0.1) is 0 Å². The second kappa shape index (κ2) is 7.63. The molecule has 1 rings (SSSR count). The van der Waals surface area contributed by atoms with Crippen LogP contribution in [0.4, 0.5) is 11.6 Å². The molecule has 0 aliphatic heterocycles. The molecule has 0 aliphatic rings. The standard InChI is InChI=1S/C12H22N4O3/c1-4-5-7-16-10(13)9(12(17)19-3)11(15-16)14-6-8-18-2/h4-8,13H2,1-3H3,(H,14,15). The van der Waals surface area contributed by atoms with Gasteiger partial charge in [0.1, 0.15) is 11.4 Å². The number of carbonyl (C=O) groups excluding carboxylic acids is 1. The van der Waals surface area contributed by atoms with Gasteiger partial charge in [0.25, 0.3) is 0 Å². The van der Waals surface area contributed by atoms with Gasteiger partial charge in [0.15, 0.2) is 5.82 Å². The van der Waals surface area contributed by atoms with E-state index in [0.717, 1.165) is 12.8 Å². The molecule has 0 saturated heterocycles. The zero-order valence-electron chi connectivity index (χ0n) is 11.7. The maximum Gasteiger partial charge on any atom is 0.345 e. The number of hydrogen-bond acceptors (Lipinski definition) is 6. The van der Waals surface area contributed by atoms with E-state index >= 15 is 0 Å². The molecule has 0 saturated carbocycles. The first-order valence-corrected chi connectivity index (χ1v) is 6.33. The fraction of sp³-hybridized carbons (Fsp3) is 0.667. The van der Waals surface area contributed by atoms with Crippen LogP contribution in [-0.2, 0) is 16.0 Å². The van der Waals surface area contributed by atoms with E-state index in [9.17, 15) is 4.79 Å². The average Bonchev–Trinajstić information content (AvgIpc) is 2.72. The topological polar surface area (TPSA) is 91.4 Å². The van der Waals surface area contributed by atoms with Crippen LogP contribution in [0.5, 0.6) is 0 Å². The summed E-state index contributed by atoms with van der Waals surface area (Å²) in [5.41, 5.74) is 6.24. The quantitative estimate of drug-likeness (QED) is 0.543. The Bertz CT molecular complexity index is 417. The van der Waals surface area contributed by atoms with Gasteiger partial charge in [-0.15, -0.1) is 0 Å². The number of esters is 1. The number of nitrogens with zero attached hydrogens (tertiary/aromatic N) is 2. The highest BCUT2D eigenvalue weighted by Crippen LogP contribution is 2.23. The first kappa shape index (κ1) is 15.3. The van der Waals surface area contributed by atoms with Gasteiger partial charge in [-0.25, -0.2) is 9.48 Å². The van der Waals surface area contributed by atoms with Crippen molar-refractivity contribution in [2.45, 2.75) is 26.3 Å². The molecule has 1 aromatic rings. The molecule has 0 fully saturated rings. The van der Waals surface area contributed by atoms with Crippen molar-refractivity contribution in [1.29, 1.82) is 0 Å². The summed E-state index contributed by atoms with van der Waals surface area (Å²) in [4.78, 5) is 11.7. The number of aryl methyl sites for hydroxylation is 1. The van der Waals surface area contributed by atoms with Gasteiger partial charge in [0.2, 0.25) is 0 Å². The predicted molar refractivity (Wildman–Crippen MR) is 73.3 cm³/mol. The van der Waals surface area contributed by atoms with Gasteiger partial charge in [-0.2, -0.15) is 5.10 Å². The highest BCUT2D eigenvalue weighted by Gasteiger charge is 2.22. The fourth-order valence-corrected chi connectivity index (χ4v) is 1.65. The molecular formula is C12H22N4O3. The van der Waals surface area contributed by atoms with Gasteiger partial charge >= 0.3 is 5.97 Å². The summed E-state index contributed by atoms with van der Waals surface area (Å²) in [6.07, 6.45) is 1.98. The predicted octanol–water partition coefficient (Wildman–Crippen LogP) is 1.11. The molecule has 0 amide bonds. The van der Waals surface area contributed by atoms with Gasteiger partial charge in [0.05, 0.1) is 13.7 Å². The van der Waals surface area contributed by atoms with Gasteiger partial charge in [0, 0.05) is 20.2 Å². The molecule has 7 heteroatoms. The highest BCUT2D eigenvalue weighted by atomic mass is 16.5. The molecule has 0 aliphatic carbocycles. The highest BCUT2D eigenvalue weighted by molar-refractivity contribution is 5.99. The number of hydrogen-bond donors (Lipinski definition) is 2. The van der Waals surface area contributed by atoms with E-state index < -0.39 is 5.97 Å². The Morgan fingerprint density at radius 3 is 2.79 bits per heavy atom. The van der Waals surface area contributed by atoms with Crippen molar-refractivity contribution in [1.82, 2.24) is 9.78 Å². The van der Waals surface area contributed by atoms with Crippen LogP contribution in [0.25, 0.3) is 0 Å². The minimum absolute atomic E-state index is 0.287. The largest absolute Gasteiger partial charge is 0.465 e. The molecule has 0 unspecified atom stereocenters. The summed E-state index contributed by atoms with van der Waals surface area (Å²) in [6.45, 7) is 3.82. The molecule has 0 radical (unpaired) electrons. The van der Waals surface area contributed by atoms with Crippen LogP contribution in [0.15, 0.2) is 0 Å². The maximum atomic E-state index is 11.7. The zero-order valence-corrected chi connectivity index (χ0v) is 11.7. The van der Waals surface area contributed by atoms with E-state index in [4.69, 9.17) is 15.2 Å². The Hall–Kier alpha value is -1.76. The molecule has 1 heterocycles. The molecule has 19 heavy (non-hydrogen) atoms. The van der Waals surface area contributed by atoms with Gasteiger partial charge < -0.3 is 20.5 Å². The van der Waals surface area contributed by atoms with Crippen LogP contribution in [0.3, 0.4) is 0 Å². The van der Waals surface area contributed by atoms with Crippen molar-refractivity contribution >= 4 is 17.6 Å². The lowest BCUT2D eigenvalue weighted by Crippen LogP contribution is -2.12. The molecule has 0 aromatic carbocycles. The molecule has 0 bridgehead atoms. The van der Waals surface area contributed by atoms with Crippen molar-refractivity contribution < 1.29 is 14.3 Å². The third-order valence-electron chi connectivity index (χ3n) is 2.70. The van der Waals surface area contributed by atoms with E-state index in [-0.39, 0.29) is 5.56 Å². The Balaban J connectivity index is 2.94. The normalized spacial score (nSPS) is 10.5. The number of nitrogens with two attached hydrogens (primary N) is 1. The van der Waals surface area contributed by atoms with Crippen molar-refractivity contribution in [3.63, 3.8) is 0 Å². The lowest BCUT2D eigenvalue weighted by atomic mass is 10.3. The summed E-state index contributed by atoms with van der Waals surface area (Å²) in [5, 5.41) is 7.34. The second-order valence-electron chi connectivity index (χ2n) is 4.10. The molecule has 3 N–H and O–H groups in total. The Kier molecular flexibility index (Phi) is 6.14. The van der Waals surface area contributed by atoms with Crippen LogP contribution < -0.4 is 11.1 Å². The Labute approximate surface area is 113 Å². The second-order valence-corrected chi connectivity index (χ2v) is 4.10. The van der Waals surface area contributed by atoms with Crippen molar-refractivity contribution in [2.75, 3.05) is 38.4 Å². The van der Waals surface area contributed by atoms with Gasteiger partial charge in [-0.3, -0.25) is 0 Å². The molecule has 1 aromatic heterocycles. The lowest BCUT2D eigenvalue weighted by Gasteiger charge is -2.04. The molecule has 108 valence electrons. The van der Waals surface area contributed by atoms with Crippen LogP contribution in [-0.4, -0.2) is 43.1 Å². The number of unbranched alkanes of at least 4 members (excludes halogenated alkanes) is 1. The Morgan fingerprint density at radius 2 is 2.21 bits per heavy atom. The minimum atomic E-state index is -0.486. The first-order chi connectivity index (χ1) is 9.15. The average molecular weight is 270 g/mol. The van der Waals surface area contributed by atoms with E-state index in [1.807, 2.05) is 0 Å². The third kappa shape index (κ3) is 3.85. The number of rotatable bonds is 8. The monoisotopic (exact) mass is 270 g/mol. The molecule has 0 spiro atoms. The molecule has 0 atom stereocenters. The van der Waals surface area contributed by atoms with Crippen LogP contribution >= 0.6 is 0 Å². The SMILES string of the molecule is CCCCn1nc(NCCOC)c(C(=O)OC)c1N. The summed E-state index contributed by atoms with van der Waals surface area (Å²) < 4.78 is 11.3. The third-order valence-corrected chi connectivity index (χ3v) is 2.70. The summed E-state index contributed by atoms with van der Waals surface area (Å²) in [6, 6.07) is 0. The summed E-state index contributed by atoms with van der Waals surface area (Å²) in [5.74, 6) is 0.290. The maximum absolute atomic E-state index is 11.7. The van der Waals surface area contributed by atoms with E-state index in [2.05, 4.69) is 17.3 Å². The molecular weight excluding hydrogens is 248 g/mol. The Morgan fingerprint density at radius 1 is 1.47 bits per heavy atom. The van der Waals surface area contributed by atoms with Crippen molar-refractivity contribution in [2.24, 2.45) is 0 Å². The van der Waals surface area contributed by atoms with E-state index in [1.165, 1.54) is 7.11 Å². The van der Waals surface area contributed by atoms with E-state index in [0.29, 0.717) is 31.3 Å². The van der Waals surface area contributed by atoms with Gasteiger partial charge in [-0.1, -0.05) is 13.3 Å². The number of anilines is 2. The fourth-order valence-electron chi connectivity index (χ4n) is 1.65. The van der Waals surface area contributed by atoms with Crippen LogP contribution in [0.1, 0.15) is 30.1 Å². The van der Waals surface area contributed by atoms with Crippen LogP contribution in [0.2, 0.25) is 0 Å². The number of nitrogens with one attached hydrogen (secondary N) is 1. The smallest absolute Gasteiger partial charge is 0.345 e. The van der Waals surface area contributed by atoms with Crippen molar-refractivity contribution in [3.05, 3.63) is 5.56 Å². The lowest BCUT2D eigenvalue weighted by molar-refractivity contribution is 0.0603. The number of nitrogen functional groups attached to an aromatic ring is 1. The number of aromatic nitrogens is 2. The number of carbonyl (C=O) groups is 1. The summed E-state index contributed by atoms with van der Waals surface area (Å²) >= 11 is 0. The first-order valence-electron chi connectivity index (χ1n) is 6.33. The zero-order chi connectivity index (χ0) is 14.3. The summed E-state index contributed by atoms with van der Waals surface area (Å²) in [7, 11) is 2.93. The minimum Gasteiger partial charge on any atom is -0.465 e. The number of ether oxygens (including phenoxy) is 2. The van der Waals surface area contributed by atoms with Gasteiger partial charge in [-0.05, 0) is 6.42 Å².